The van der Waals surface area contributed by atoms with Gasteiger partial charge in [-0.2, -0.15) is 0 Å². The first kappa shape index (κ1) is 12.2. The summed E-state index contributed by atoms with van der Waals surface area (Å²) >= 11 is 0. The summed E-state index contributed by atoms with van der Waals surface area (Å²) < 4.78 is 5.59. The zero-order valence-corrected chi connectivity index (χ0v) is 10.9. The van der Waals surface area contributed by atoms with Gasteiger partial charge in [-0.1, -0.05) is 19.9 Å². The topological polar surface area (TPSA) is 25.2 Å². The molecular formula is C15H21NO. The highest BCUT2D eigenvalue weighted by molar-refractivity contribution is 5.81. The fraction of sp³-hybridized carbons (Fsp3) is 0.467. The molecule has 0 aliphatic carbocycles. The van der Waals surface area contributed by atoms with E-state index in [0.717, 1.165) is 18.5 Å². The quantitative estimate of drug-likeness (QED) is 0.848. The molecule has 0 aliphatic rings. The van der Waals surface area contributed by atoms with Crippen molar-refractivity contribution in [3.05, 3.63) is 35.6 Å². The van der Waals surface area contributed by atoms with Crippen LogP contribution in [0.3, 0.4) is 0 Å². The van der Waals surface area contributed by atoms with Crippen LogP contribution in [0.1, 0.15) is 37.3 Å². The highest BCUT2D eigenvalue weighted by atomic mass is 16.3. The third kappa shape index (κ3) is 2.52. The number of fused-ring (bicyclic) bond motifs is 1. The van der Waals surface area contributed by atoms with Crippen LogP contribution in [-0.4, -0.2) is 13.6 Å². The second-order valence-corrected chi connectivity index (χ2v) is 4.68. The van der Waals surface area contributed by atoms with E-state index in [2.05, 4.69) is 37.4 Å². The summed E-state index contributed by atoms with van der Waals surface area (Å²) in [5, 5.41) is 4.45. The highest BCUT2D eigenvalue weighted by Crippen LogP contribution is 2.27. The molecule has 17 heavy (non-hydrogen) atoms. The Bertz CT molecular complexity index is 487. The molecule has 2 aromatic rings. The number of likely N-dealkylation sites (N-methyl/N-ethyl adjacent to an activating group) is 1. The van der Waals surface area contributed by atoms with E-state index in [9.17, 15) is 0 Å². The number of rotatable bonds is 5. The van der Waals surface area contributed by atoms with Crippen LogP contribution in [0.2, 0.25) is 0 Å². The molecule has 2 nitrogen and oxygen atoms in total. The zero-order chi connectivity index (χ0) is 12.3. The van der Waals surface area contributed by atoms with Crippen molar-refractivity contribution in [2.45, 2.75) is 32.6 Å². The Morgan fingerprint density at radius 1 is 1.35 bits per heavy atom. The number of hydrogen-bond donors (Lipinski definition) is 1. The van der Waals surface area contributed by atoms with Crippen LogP contribution in [0.25, 0.3) is 11.0 Å². The van der Waals surface area contributed by atoms with Crippen LogP contribution in [-0.2, 0) is 6.42 Å². The van der Waals surface area contributed by atoms with Crippen molar-refractivity contribution in [3.63, 3.8) is 0 Å². The Labute approximate surface area is 103 Å². The molecule has 0 saturated heterocycles. The molecule has 1 N–H and O–H groups in total. The molecule has 0 fully saturated rings. The molecule has 92 valence electrons. The first-order valence-electron chi connectivity index (χ1n) is 6.41. The van der Waals surface area contributed by atoms with Crippen molar-refractivity contribution in [3.8, 4) is 0 Å². The molecular weight excluding hydrogens is 210 g/mol. The van der Waals surface area contributed by atoms with Crippen LogP contribution in [0, 0.1) is 0 Å². The maximum absolute atomic E-state index is 5.59. The summed E-state index contributed by atoms with van der Waals surface area (Å²) in [5.41, 5.74) is 3.72. The van der Waals surface area contributed by atoms with Crippen LogP contribution in [0.4, 0.5) is 0 Å². The average Bonchev–Trinajstić information content (AvgIpc) is 2.77. The molecule has 2 heteroatoms. The van der Waals surface area contributed by atoms with E-state index < -0.39 is 0 Å². The molecule has 1 atom stereocenters. The van der Waals surface area contributed by atoms with E-state index in [1.165, 1.54) is 22.9 Å². The van der Waals surface area contributed by atoms with Gasteiger partial charge in [0.1, 0.15) is 5.58 Å². The van der Waals surface area contributed by atoms with Gasteiger partial charge < -0.3 is 9.73 Å². The molecule has 1 heterocycles. The molecule has 0 spiro atoms. The van der Waals surface area contributed by atoms with Crippen LogP contribution >= 0.6 is 0 Å². The first-order valence-corrected chi connectivity index (χ1v) is 6.41. The smallest absolute Gasteiger partial charge is 0.134 e. The van der Waals surface area contributed by atoms with Gasteiger partial charge in [-0.05, 0) is 55.6 Å². The number of benzene rings is 1. The maximum atomic E-state index is 5.59. The molecule has 0 amide bonds. The van der Waals surface area contributed by atoms with Gasteiger partial charge in [0, 0.05) is 5.39 Å². The minimum atomic E-state index is 0.617. The van der Waals surface area contributed by atoms with Crippen molar-refractivity contribution < 1.29 is 4.42 Å². The second-order valence-electron chi connectivity index (χ2n) is 4.68. The van der Waals surface area contributed by atoms with Gasteiger partial charge in [0.15, 0.2) is 0 Å². The Morgan fingerprint density at radius 3 is 2.88 bits per heavy atom. The average molecular weight is 231 g/mol. The summed E-state index contributed by atoms with van der Waals surface area (Å²) in [6.07, 6.45) is 4.09. The number of nitrogens with one attached hydrogen (secondary N) is 1. The predicted octanol–water partition coefficient (Wildman–Crippen LogP) is 3.71. The minimum absolute atomic E-state index is 0.617. The second kappa shape index (κ2) is 5.37. The van der Waals surface area contributed by atoms with Crippen LogP contribution in [0.15, 0.2) is 28.9 Å². The maximum Gasteiger partial charge on any atom is 0.134 e. The largest absolute Gasteiger partial charge is 0.464 e. The molecule has 0 saturated carbocycles. The van der Waals surface area contributed by atoms with Gasteiger partial charge in [-0.25, -0.2) is 0 Å². The standard InChI is InChI=1S/C15H21NO/c1-4-11(2)12-5-6-15-14(9-12)13(10-17-15)7-8-16-3/h5-6,9-11,16H,4,7-8H2,1-3H3. The summed E-state index contributed by atoms with van der Waals surface area (Å²) in [5.74, 6) is 0.617. The molecule has 0 radical (unpaired) electrons. The monoisotopic (exact) mass is 231 g/mol. The van der Waals surface area contributed by atoms with E-state index in [4.69, 9.17) is 4.42 Å². The molecule has 1 aromatic heterocycles. The highest BCUT2D eigenvalue weighted by Gasteiger charge is 2.09. The Balaban J connectivity index is 2.36. The fourth-order valence-corrected chi connectivity index (χ4v) is 2.09. The van der Waals surface area contributed by atoms with Gasteiger partial charge >= 0.3 is 0 Å². The third-order valence-corrected chi connectivity index (χ3v) is 3.50. The molecule has 0 bridgehead atoms. The van der Waals surface area contributed by atoms with Crippen molar-refractivity contribution in [2.75, 3.05) is 13.6 Å². The lowest BCUT2D eigenvalue weighted by Gasteiger charge is -2.08. The van der Waals surface area contributed by atoms with E-state index in [0.29, 0.717) is 5.92 Å². The lowest BCUT2D eigenvalue weighted by molar-refractivity contribution is 0.608. The molecule has 0 aliphatic heterocycles. The van der Waals surface area contributed by atoms with Crippen LogP contribution in [0.5, 0.6) is 0 Å². The lowest BCUT2D eigenvalue weighted by Crippen LogP contribution is -2.09. The third-order valence-electron chi connectivity index (χ3n) is 3.50. The minimum Gasteiger partial charge on any atom is -0.464 e. The van der Waals surface area contributed by atoms with Crippen molar-refractivity contribution >= 4 is 11.0 Å². The molecule has 2 rings (SSSR count). The van der Waals surface area contributed by atoms with Gasteiger partial charge in [0.25, 0.3) is 0 Å². The van der Waals surface area contributed by atoms with E-state index in [-0.39, 0.29) is 0 Å². The van der Waals surface area contributed by atoms with Gasteiger partial charge in [-0.3, -0.25) is 0 Å². The molecule has 1 aromatic carbocycles. The Kier molecular flexibility index (Phi) is 3.85. The summed E-state index contributed by atoms with van der Waals surface area (Å²) in [6.45, 7) is 5.49. The normalized spacial score (nSPS) is 13.1. The molecule has 1 unspecified atom stereocenters. The van der Waals surface area contributed by atoms with E-state index in [1.807, 2.05) is 13.3 Å². The first-order chi connectivity index (χ1) is 8.26. The van der Waals surface area contributed by atoms with Crippen molar-refractivity contribution in [2.24, 2.45) is 0 Å². The Hall–Kier alpha value is -1.28. The summed E-state index contributed by atoms with van der Waals surface area (Å²) in [7, 11) is 1.98. The van der Waals surface area contributed by atoms with Gasteiger partial charge in [0.2, 0.25) is 0 Å². The zero-order valence-electron chi connectivity index (χ0n) is 10.9. The summed E-state index contributed by atoms with van der Waals surface area (Å²) in [4.78, 5) is 0. The van der Waals surface area contributed by atoms with Gasteiger partial charge in [0.05, 0.1) is 6.26 Å². The van der Waals surface area contributed by atoms with Gasteiger partial charge in [-0.15, -0.1) is 0 Å². The summed E-state index contributed by atoms with van der Waals surface area (Å²) in [6, 6.07) is 6.57. The van der Waals surface area contributed by atoms with E-state index >= 15 is 0 Å². The van der Waals surface area contributed by atoms with Crippen molar-refractivity contribution in [1.29, 1.82) is 0 Å². The lowest BCUT2D eigenvalue weighted by atomic mass is 9.96. The van der Waals surface area contributed by atoms with Crippen LogP contribution < -0.4 is 5.32 Å². The Morgan fingerprint density at radius 2 is 2.18 bits per heavy atom. The number of furan rings is 1. The van der Waals surface area contributed by atoms with Crippen molar-refractivity contribution in [1.82, 2.24) is 5.32 Å². The predicted molar refractivity (Wildman–Crippen MR) is 72.6 cm³/mol. The fourth-order valence-electron chi connectivity index (χ4n) is 2.09. The SMILES string of the molecule is CCC(C)c1ccc2occ(CCNC)c2c1. The van der Waals surface area contributed by atoms with E-state index in [1.54, 1.807) is 0 Å². The number of hydrogen-bond acceptors (Lipinski definition) is 2.